The Bertz CT molecular complexity index is 600. The molecule has 114 valence electrons. The molecule has 2 aromatic heterocycles. The number of aryl methyl sites for hydroxylation is 2. The molecule has 0 aliphatic heterocycles. The molecule has 2 aromatic rings. The number of hydrogen-bond acceptors (Lipinski definition) is 4. The van der Waals surface area contributed by atoms with Crippen molar-refractivity contribution in [2.24, 2.45) is 12.8 Å². The van der Waals surface area contributed by atoms with Gasteiger partial charge in [0.1, 0.15) is 0 Å². The molecule has 7 heteroatoms. The summed E-state index contributed by atoms with van der Waals surface area (Å²) in [5, 5.41) is 11.2. The Kier molecular flexibility index (Phi) is 5.10. The van der Waals surface area contributed by atoms with Crippen LogP contribution in [0.3, 0.4) is 0 Å². The van der Waals surface area contributed by atoms with E-state index in [1.54, 1.807) is 10.9 Å². The highest BCUT2D eigenvalue weighted by atomic mass is 16.1. The summed E-state index contributed by atoms with van der Waals surface area (Å²) in [5.41, 5.74) is 8.09. The Morgan fingerprint density at radius 2 is 2.19 bits per heavy atom. The summed E-state index contributed by atoms with van der Waals surface area (Å²) >= 11 is 0. The molecule has 0 unspecified atom stereocenters. The van der Waals surface area contributed by atoms with Gasteiger partial charge in [-0.2, -0.15) is 10.2 Å². The summed E-state index contributed by atoms with van der Waals surface area (Å²) in [7, 11) is 1.88. The molecule has 0 saturated heterocycles. The molecular weight excluding hydrogens is 268 g/mol. The van der Waals surface area contributed by atoms with Gasteiger partial charge in [-0.1, -0.05) is 0 Å². The molecule has 0 fully saturated rings. The Morgan fingerprint density at radius 3 is 2.86 bits per heavy atom. The van der Waals surface area contributed by atoms with E-state index in [9.17, 15) is 4.79 Å². The van der Waals surface area contributed by atoms with Gasteiger partial charge in [-0.3, -0.25) is 14.2 Å². The van der Waals surface area contributed by atoms with E-state index in [2.05, 4.69) is 15.5 Å². The van der Waals surface area contributed by atoms with Crippen LogP contribution in [-0.2, 0) is 20.0 Å². The zero-order chi connectivity index (χ0) is 15.2. The molecule has 3 N–H and O–H groups in total. The molecule has 7 nitrogen and oxygen atoms in total. The van der Waals surface area contributed by atoms with Crippen molar-refractivity contribution in [1.82, 2.24) is 24.9 Å². The minimum Gasteiger partial charge on any atom is -0.352 e. The van der Waals surface area contributed by atoms with E-state index >= 15 is 0 Å². The highest BCUT2D eigenvalue weighted by Crippen LogP contribution is 2.07. The van der Waals surface area contributed by atoms with Gasteiger partial charge >= 0.3 is 0 Å². The van der Waals surface area contributed by atoms with Crippen molar-refractivity contribution in [3.8, 4) is 0 Å². The van der Waals surface area contributed by atoms with Crippen molar-refractivity contribution in [3.05, 3.63) is 35.4 Å². The summed E-state index contributed by atoms with van der Waals surface area (Å²) in [5.74, 6) is -0.0876. The van der Waals surface area contributed by atoms with Crippen LogP contribution >= 0.6 is 0 Å². The predicted molar refractivity (Wildman–Crippen MR) is 79.9 cm³/mol. The zero-order valence-corrected chi connectivity index (χ0v) is 12.5. The molecule has 0 atom stereocenters. The van der Waals surface area contributed by atoms with Crippen LogP contribution in [0.25, 0.3) is 0 Å². The second-order valence-electron chi connectivity index (χ2n) is 5.04. The van der Waals surface area contributed by atoms with E-state index in [1.807, 2.05) is 31.0 Å². The van der Waals surface area contributed by atoms with Crippen molar-refractivity contribution in [1.29, 1.82) is 0 Å². The molecular formula is C14H22N6O. The lowest BCUT2D eigenvalue weighted by atomic mass is 10.2. The van der Waals surface area contributed by atoms with Gasteiger partial charge in [0.25, 0.3) is 5.91 Å². The number of aromatic nitrogens is 4. The topological polar surface area (TPSA) is 90.8 Å². The van der Waals surface area contributed by atoms with E-state index in [4.69, 9.17) is 5.73 Å². The third-order valence-electron chi connectivity index (χ3n) is 3.38. The van der Waals surface area contributed by atoms with Crippen LogP contribution in [0.2, 0.25) is 0 Å². The second kappa shape index (κ2) is 7.03. The molecule has 0 aliphatic rings. The molecule has 0 saturated carbocycles. The van der Waals surface area contributed by atoms with Crippen molar-refractivity contribution in [2.45, 2.75) is 26.3 Å². The quantitative estimate of drug-likeness (QED) is 0.764. The average molecular weight is 290 g/mol. The fraction of sp³-hybridized carbons (Fsp3) is 0.500. The van der Waals surface area contributed by atoms with E-state index < -0.39 is 0 Å². The van der Waals surface area contributed by atoms with Gasteiger partial charge in [-0.25, -0.2) is 0 Å². The monoisotopic (exact) mass is 290 g/mol. The third kappa shape index (κ3) is 3.91. The van der Waals surface area contributed by atoms with Crippen molar-refractivity contribution >= 4 is 5.91 Å². The van der Waals surface area contributed by atoms with Gasteiger partial charge in [-0.05, 0) is 31.9 Å². The van der Waals surface area contributed by atoms with Crippen LogP contribution in [0.4, 0.5) is 0 Å². The fourth-order valence-electron chi connectivity index (χ4n) is 2.15. The van der Waals surface area contributed by atoms with Crippen LogP contribution in [0.5, 0.6) is 0 Å². The first-order valence-electron chi connectivity index (χ1n) is 7.10. The summed E-state index contributed by atoms with van der Waals surface area (Å²) in [6.45, 7) is 3.84. The summed E-state index contributed by atoms with van der Waals surface area (Å²) in [4.78, 5) is 12.1. The first-order chi connectivity index (χ1) is 10.1. The number of rotatable bonds is 7. The zero-order valence-electron chi connectivity index (χ0n) is 12.5. The van der Waals surface area contributed by atoms with Gasteiger partial charge in [0.15, 0.2) is 0 Å². The second-order valence-corrected chi connectivity index (χ2v) is 5.04. The largest absolute Gasteiger partial charge is 0.352 e. The van der Waals surface area contributed by atoms with Gasteiger partial charge in [0.2, 0.25) is 0 Å². The minimum atomic E-state index is -0.0876. The van der Waals surface area contributed by atoms with Gasteiger partial charge in [0, 0.05) is 32.0 Å². The average Bonchev–Trinajstić information content (AvgIpc) is 3.03. The van der Waals surface area contributed by atoms with Gasteiger partial charge in [-0.15, -0.1) is 0 Å². The maximum atomic E-state index is 12.1. The lowest BCUT2D eigenvalue weighted by molar-refractivity contribution is 0.0953. The Labute approximate surface area is 124 Å². The number of nitrogens with one attached hydrogen (secondary N) is 1. The summed E-state index contributed by atoms with van der Waals surface area (Å²) < 4.78 is 3.58. The highest BCUT2D eigenvalue weighted by molar-refractivity contribution is 5.95. The third-order valence-corrected chi connectivity index (χ3v) is 3.38. The number of nitrogens with two attached hydrogens (primary N) is 1. The predicted octanol–water partition coefficient (Wildman–Crippen LogP) is 0.246. The summed E-state index contributed by atoms with van der Waals surface area (Å²) in [6.07, 6.45) is 6.99. The van der Waals surface area contributed by atoms with Gasteiger partial charge in [0.05, 0.1) is 18.0 Å². The van der Waals surface area contributed by atoms with Crippen LogP contribution in [0, 0.1) is 6.92 Å². The Hall–Kier alpha value is -2.15. The number of carbonyl (C=O) groups excluding carboxylic acids is 1. The Morgan fingerprint density at radius 1 is 1.38 bits per heavy atom. The van der Waals surface area contributed by atoms with Crippen LogP contribution < -0.4 is 11.1 Å². The standard InChI is InChI=1S/C14H22N6O/c1-11-13(9-18-20(11)7-3-5-15)14(21)16-6-4-12-8-17-19(2)10-12/h8-10H,3-7,15H2,1-2H3,(H,16,21). The van der Waals surface area contributed by atoms with Crippen molar-refractivity contribution in [3.63, 3.8) is 0 Å². The molecule has 0 aromatic carbocycles. The molecule has 2 rings (SSSR count). The number of nitrogens with zero attached hydrogens (tertiary/aromatic N) is 4. The molecule has 0 spiro atoms. The van der Waals surface area contributed by atoms with E-state index in [1.165, 1.54) is 0 Å². The number of amides is 1. The molecule has 0 aliphatic carbocycles. The Balaban J connectivity index is 1.87. The van der Waals surface area contributed by atoms with Crippen LogP contribution in [0.15, 0.2) is 18.6 Å². The first kappa shape index (κ1) is 15.2. The minimum absolute atomic E-state index is 0.0876. The smallest absolute Gasteiger partial charge is 0.254 e. The molecule has 2 heterocycles. The van der Waals surface area contributed by atoms with Crippen molar-refractivity contribution in [2.75, 3.05) is 13.1 Å². The van der Waals surface area contributed by atoms with Crippen LogP contribution in [0.1, 0.15) is 28.0 Å². The van der Waals surface area contributed by atoms with Gasteiger partial charge < -0.3 is 11.1 Å². The number of carbonyl (C=O) groups is 1. The van der Waals surface area contributed by atoms with E-state index in [0.717, 1.165) is 30.6 Å². The molecule has 1 amide bonds. The normalized spacial score (nSPS) is 10.8. The summed E-state index contributed by atoms with van der Waals surface area (Å²) in [6, 6.07) is 0. The SMILES string of the molecule is Cc1c(C(=O)NCCc2cnn(C)c2)cnn1CCCN. The van der Waals surface area contributed by atoms with E-state index in [0.29, 0.717) is 18.7 Å². The first-order valence-corrected chi connectivity index (χ1v) is 7.10. The van der Waals surface area contributed by atoms with E-state index in [-0.39, 0.29) is 5.91 Å². The number of hydrogen-bond donors (Lipinski definition) is 2. The van der Waals surface area contributed by atoms with Crippen LogP contribution in [-0.4, -0.2) is 38.6 Å². The maximum absolute atomic E-state index is 12.1. The molecule has 0 bridgehead atoms. The maximum Gasteiger partial charge on any atom is 0.254 e. The molecule has 21 heavy (non-hydrogen) atoms. The fourth-order valence-corrected chi connectivity index (χ4v) is 2.15. The van der Waals surface area contributed by atoms with Crippen molar-refractivity contribution < 1.29 is 4.79 Å². The molecule has 0 radical (unpaired) electrons. The highest BCUT2D eigenvalue weighted by Gasteiger charge is 2.13. The lowest BCUT2D eigenvalue weighted by Gasteiger charge is -2.05. The lowest BCUT2D eigenvalue weighted by Crippen LogP contribution is -2.26.